The van der Waals surface area contributed by atoms with Gasteiger partial charge in [0.2, 0.25) is 0 Å². The van der Waals surface area contributed by atoms with Crippen molar-refractivity contribution in [3.63, 3.8) is 0 Å². The van der Waals surface area contributed by atoms with Gasteiger partial charge in [0, 0.05) is 0 Å². The van der Waals surface area contributed by atoms with E-state index in [0.29, 0.717) is 17.2 Å². The summed E-state index contributed by atoms with van der Waals surface area (Å²) < 4.78 is 16.2. The lowest BCUT2D eigenvalue weighted by atomic mass is 10.3. The van der Waals surface area contributed by atoms with E-state index in [-0.39, 0.29) is 0 Å². The summed E-state index contributed by atoms with van der Waals surface area (Å²) in [6, 6.07) is 27.6. The van der Waals surface area contributed by atoms with Crippen LogP contribution in [-0.4, -0.2) is 0 Å². The minimum atomic E-state index is -1.68. The van der Waals surface area contributed by atoms with Crippen LogP contribution >= 0.6 is 19.2 Å². The van der Waals surface area contributed by atoms with Crippen molar-refractivity contribution in [2.75, 3.05) is 0 Å². The highest BCUT2D eigenvalue weighted by Crippen LogP contribution is 2.52. The fourth-order valence-corrected chi connectivity index (χ4v) is 3.08. The predicted octanol–water partition coefficient (Wildman–Crippen LogP) is 5.96. The number of benzene rings is 3. The van der Waals surface area contributed by atoms with Crippen molar-refractivity contribution in [2.24, 2.45) is 0 Å². The molecular formula is C18H15O5PS. The summed E-state index contributed by atoms with van der Waals surface area (Å²) in [5, 5.41) is 0. The summed E-state index contributed by atoms with van der Waals surface area (Å²) in [5.41, 5.74) is 0. The van der Waals surface area contributed by atoms with Gasteiger partial charge in [-0.15, -0.1) is 9.35 Å². The average molecular weight is 374 g/mol. The van der Waals surface area contributed by atoms with Gasteiger partial charge in [-0.25, -0.2) is 0 Å². The van der Waals surface area contributed by atoms with Gasteiger partial charge in [0.05, 0.1) is 0 Å². The van der Waals surface area contributed by atoms with Gasteiger partial charge in [-0.3, -0.25) is 0 Å². The Bertz CT molecular complexity index is 627. The largest absolute Gasteiger partial charge is 0.416 e. The van der Waals surface area contributed by atoms with E-state index in [9.17, 15) is 0 Å². The maximum absolute atomic E-state index is 5.58. The highest BCUT2D eigenvalue weighted by Gasteiger charge is 2.20. The molecule has 7 heteroatoms. The third-order valence-electron chi connectivity index (χ3n) is 2.81. The molecule has 0 unspecified atom stereocenters. The van der Waals surface area contributed by atoms with Crippen molar-refractivity contribution in [1.29, 1.82) is 0 Å². The van der Waals surface area contributed by atoms with E-state index < -0.39 is 7.58 Å². The first-order valence-corrected chi connectivity index (χ1v) is 9.92. The summed E-state index contributed by atoms with van der Waals surface area (Å²) in [6.07, 6.45) is 0. The molecular weight excluding hydrogens is 359 g/mol. The molecule has 0 amide bonds. The fraction of sp³-hybridized carbons (Fsp3) is 0. The van der Waals surface area contributed by atoms with E-state index in [1.54, 1.807) is 24.3 Å². The lowest BCUT2D eigenvalue weighted by Crippen LogP contribution is -1.98. The van der Waals surface area contributed by atoms with Gasteiger partial charge in [-0.1, -0.05) is 54.6 Å². The first-order valence-electron chi connectivity index (χ1n) is 7.39. The average Bonchev–Trinajstić information content (AvgIpc) is 2.70. The van der Waals surface area contributed by atoms with Gasteiger partial charge in [0.15, 0.2) is 23.2 Å². The molecule has 3 rings (SSSR count). The van der Waals surface area contributed by atoms with E-state index in [1.807, 2.05) is 66.7 Å². The lowest BCUT2D eigenvalue weighted by molar-refractivity contribution is -0.151. The maximum atomic E-state index is 5.58. The van der Waals surface area contributed by atoms with Crippen LogP contribution in [0.2, 0.25) is 0 Å². The second-order valence-corrected chi connectivity index (χ2v) is 7.04. The van der Waals surface area contributed by atoms with Gasteiger partial charge in [0.25, 0.3) is 0 Å². The van der Waals surface area contributed by atoms with Crippen molar-refractivity contribution >= 4 is 19.2 Å². The molecule has 0 saturated heterocycles. The Morgan fingerprint density at radius 2 is 0.920 bits per heavy atom. The highest BCUT2D eigenvalue weighted by molar-refractivity contribution is 8.50. The van der Waals surface area contributed by atoms with Crippen molar-refractivity contribution in [3.8, 4) is 17.2 Å². The molecule has 0 atom stereocenters. The molecule has 0 heterocycles. The standard InChI is InChI=1S/C18H15O5PS/c1-4-10-16(11-5-1)19-22-24(23-20-17-12-6-2-7-13-17)25-21-18-14-8-3-9-15-18/h1-15H. The molecule has 128 valence electrons. The van der Waals surface area contributed by atoms with E-state index in [0.717, 1.165) is 11.7 Å². The normalized spacial score (nSPS) is 10.4. The molecule has 0 N–H and O–H groups in total. The fourth-order valence-electron chi connectivity index (χ4n) is 1.69. The molecule has 0 aliphatic carbocycles. The van der Waals surface area contributed by atoms with Gasteiger partial charge in [-0.2, -0.15) is 0 Å². The predicted molar refractivity (Wildman–Crippen MR) is 97.9 cm³/mol. The summed E-state index contributed by atoms with van der Waals surface area (Å²) >= 11 is 0.984. The van der Waals surface area contributed by atoms with Crippen LogP contribution < -0.4 is 14.0 Å². The zero-order valence-electron chi connectivity index (χ0n) is 13.1. The molecule has 0 aliphatic rings. The van der Waals surface area contributed by atoms with Crippen LogP contribution in [0.3, 0.4) is 0 Å². The summed E-state index contributed by atoms with van der Waals surface area (Å²) in [5.74, 6) is 1.78. The Hall–Kier alpha value is -2.24. The van der Waals surface area contributed by atoms with Gasteiger partial charge < -0.3 is 14.0 Å². The Kier molecular flexibility index (Phi) is 6.97. The van der Waals surface area contributed by atoms with Crippen LogP contribution in [0, 0.1) is 0 Å². The van der Waals surface area contributed by atoms with Gasteiger partial charge in [-0.05, 0) is 36.4 Å². The van der Waals surface area contributed by atoms with E-state index >= 15 is 0 Å². The SMILES string of the molecule is c1ccc(OOP(OOc2ccccc2)SOc2ccccc2)cc1. The smallest absolute Gasteiger partial charge is 0.372 e. The van der Waals surface area contributed by atoms with Crippen molar-refractivity contribution in [3.05, 3.63) is 91.0 Å². The third kappa shape index (κ3) is 6.29. The number of hydrogen-bond acceptors (Lipinski definition) is 6. The minimum absolute atomic E-state index is 0.554. The summed E-state index contributed by atoms with van der Waals surface area (Å²) in [6.45, 7) is 0. The second-order valence-electron chi connectivity index (χ2n) is 4.64. The van der Waals surface area contributed by atoms with Crippen LogP contribution in [0.5, 0.6) is 17.2 Å². The Labute approximate surface area is 151 Å². The molecule has 0 radical (unpaired) electrons. The summed E-state index contributed by atoms with van der Waals surface area (Å²) in [7, 11) is -1.68. The van der Waals surface area contributed by atoms with E-state index in [1.165, 1.54) is 0 Å². The van der Waals surface area contributed by atoms with Crippen molar-refractivity contribution < 1.29 is 23.3 Å². The van der Waals surface area contributed by atoms with Gasteiger partial charge in [0.1, 0.15) is 5.75 Å². The molecule has 25 heavy (non-hydrogen) atoms. The Morgan fingerprint density at radius 1 is 0.520 bits per heavy atom. The first-order chi connectivity index (χ1) is 12.4. The first kappa shape index (κ1) is 17.6. The molecule has 0 bridgehead atoms. The molecule has 3 aromatic carbocycles. The second kappa shape index (κ2) is 9.91. The van der Waals surface area contributed by atoms with Crippen molar-refractivity contribution in [1.82, 2.24) is 0 Å². The zero-order valence-corrected chi connectivity index (χ0v) is 14.8. The Morgan fingerprint density at radius 3 is 1.36 bits per heavy atom. The van der Waals surface area contributed by atoms with Crippen LogP contribution in [0.15, 0.2) is 91.0 Å². The molecule has 3 aromatic rings. The molecule has 0 fully saturated rings. The number of hydrogen-bond donors (Lipinski definition) is 0. The van der Waals surface area contributed by atoms with Crippen LogP contribution in [0.4, 0.5) is 0 Å². The molecule has 0 spiro atoms. The highest BCUT2D eigenvalue weighted by atomic mass is 32.7. The Balaban J connectivity index is 1.56. The van der Waals surface area contributed by atoms with E-state index in [4.69, 9.17) is 23.3 Å². The molecule has 0 saturated carbocycles. The molecule has 5 nitrogen and oxygen atoms in total. The van der Waals surface area contributed by atoms with Crippen LogP contribution in [-0.2, 0) is 9.35 Å². The number of para-hydroxylation sites is 3. The monoisotopic (exact) mass is 374 g/mol. The molecule has 0 aliphatic heterocycles. The van der Waals surface area contributed by atoms with Gasteiger partial charge >= 0.3 is 7.58 Å². The minimum Gasteiger partial charge on any atom is -0.416 e. The topological polar surface area (TPSA) is 46.2 Å². The quantitative estimate of drug-likeness (QED) is 0.199. The van der Waals surface area contributed by atoms with Crippen molar-refractivity contribution in [2.45, 2.75) is 0 Å². The maximum Gasteiger partial charge on any atom is 0.372 e. The van der Waals surface area contributed by atoms with Crippen LogP contribution in [0.25, 0.3) is 0 Å². The number of rotatable bonds is 9. The van der Waals surface area contributed by atoms with E-state index in [2.05, 4.69) is 0 Å². The lowest BCUT2D eigenvalue weighted by Gasteiger charge is -2.14. The molecule has 0 aromatic heterocycles. The summed E-state index contributed by atoms with van der Waals surface area (Å²) in [4.78, 5) is 10.5. The zero-order chi connectivity index (χ0) is 17.2. The van der Waals surface area contributed by atoms with Crippen LogP contribution in [0.1, 0.15) is 0 Å². The third-order valence-corrected chi connectivity index (χ3v) is 4.55.